The molecule has 1 fully saturated rings. The van der Waals surface area contributed by atoms with E-state index < -0.39 is 30.2 Å². The molecule has 2 N–H and O–H groups in total. The minimum Gasteiger partial charge on any atom is -0.322 e. The Hall–Kier alpha value is -4.20. The van der Waals surface area contributed by atoms with E-state index in [2.05, 4.69) is 28.2 Å². The van der Waals surface area contributed by atoms with E-state index in [1.807, 2.05) is 38.1 Å². The topological polar surface area (TPSA) is 83.4 Å². The van der Waals surface area contributed by atoms with Gasteiger partial charge in [0.1, 0.15) is 18.1 Å². The number of hydrogen-bond acceptors (Lipinski definition) is 3. The first-order valence-corrected chi connectivity index (χ1v) is 11.0. The first-order chi connectivity index (χ1) is 16.3. The van der Waals surface area contributed by atoms with Crippen LogP contribution in [0.2, 0.25) is 0 Å². The lowest BCUT2D eigenvalue weighted by Crippen LogP contribution is -2.38. The Labute approximate surface area is 196 Å². The molecule has 0 aliphatic carbocycles. The normalized spacial score (nSPS) is 14.6. The Morgan fingerprint density at radius 1 is 1.09 bits per heavy atom. The summed E-state index contributed by atoms with van der Waals surface area (Å²) in [6.07, 6.45) is 2.49. The number of aryl methyl sites for hydroxylation is 2. The molecule has 1 aromatic heterocycles. The van der Waals surface area contributed by atoms with Crippen LogP contribution in [0, 0.1) is 19.7 Å². The molecule has 2 aromatic carbocycles. The second-order valence-corrected chi connectivity index (χ2v) is 8.05. The highest BCUT2D eigenvalue weighted by Crippen LogP contribution is 2.26. The van der Waals surface area contributed by atoms with Gasteiger partial charge in [0.2, 0.25) is 5.91 Å². The van der Waals surface area contributed by atoms with Crippen LogP contribution in [0.5, 0.6) is 0 Å². The second kappa shape index (κ2) is 9.35. The van der Waals surface area contributed by atoms with Crippen LogP contribution < -0.4 is 10.6 Å². The van der Waals surface area contributed by atoms with Crippen molar-refractivity contribution in [3.8, 4) is 5.69 Å². The number of benzene rings is 2. The number of para-hydroxylation sites is 2. The van der Waals surface area contributed by atoms with Crippen molar-refractivity contribution in [1.82, 2.24) is 14.8 Å². The molecule has 4 amide bonds. The molecule has 0 unspecified atom stereocenters. The van der Waals surface area contributed by atoms with Gasteiger partial charge in [-0.05, 0) is 61.7 Å². The maximum Gasteiger partial charge on any atom is 0.329 e. The van der Waals surface area contributed by atoms with Crippen molar-refractivity contribution in [2.45, 2.75) is 27.2 Å². The second-order valence-electron chi connectivity index (χ2n) is 8.05. The third-order valence-electron chi connectivity index (χ3n) is 5.80. The molecular weight excluding hydrogens is 435 g/mol. The summed E-state index contributed by atoms with van der Waals surface area (Å²) in [6.45, 7) is 5.50. The lowest BCUT2D eigenvalue weighted by Gasteiger charge is -2.14. The third kappa shape index (κ3) is 4.34. The Balaban J connectivity index is 1.56. The molecular formula is C26H25FN4O3. The molecule has 4 rings (SSSR count). The van der Waals surface area contributed by atoms with Crippen LogP contribution in [-0.4, -0.2) is 33.9 Å². The predicted molar refractivity (Wildman–Crippen MR) is 128 cm³/mol. The molecule has 0 spiro atoms. The zero-order chi connectivity index (χ0) is 24.4. The first-order valence-electron chi connectivity index (χ1n) is 11.0. The van der Waals surface area contributed by atoms with E-state index in [9.17, 15) is 18.8 Å². The number of nitrogens with one attached hydrogen (secondary N) is 2. The largest absolute Gasteiger partial charge is 0.329 e. The van der Waals surface area contributed by atoms with Gasteiger partial charge in [0, 0.05) is 17.1 Å². The van der Waals surface area contributed by atoms with E-state index in [0.717, 1.165) is 34.0 Å². The van der Waals surface area contributed by atoms with Crippen LogP contribution in [0.1, 0.15) is 29.4 Å². The van der Waals surface area contributed by atoms with Crippen molar-refractivity contribution in [2.75, 3.05) is 11.9 Å². The summed E-state index contributed by atoms with van der Waals surface area (Å²) in [6, 6.07) is 15.0. The molecule has 3 aromatic rings. The van der Waals surface area contributed by atoms with Crippen LogP contribution >= 0.6 is 0 Å². The van der Waals surface area contributed by atoms with E-state index in [1.165, 1.54) is 23.8 Å². The monoisotopic (exact) mass is 460 g/mol. The Morgan fingerprint density at radius 3 is 2.53 bits per heavy atom. The summed E-state index contributed by atoms with van der Waals surface area (Å²) in [5, 5.41) is 4.92. The average molecular weight is 461 g/mol. The molecule has 1 aliphatic heterocycles. The molecule has 0 radical (unpaired) electrons. The summed E-state index contributed by atoms with van der Waals surface area (Å²) < 4.78 is 15.9. The molecule has 2 heterocycles. The van der Waals surface area contributed by atoms with Gasteiger partial charge < -0.3 is 15.2 Å². The number of carbonyl (C=O) groups is 3. The van der Waals surface area contributed by atoms with Gasteiger partial charge >= 0.3 is 6.03 Å². The zero-order valence-electron chi connectivity index (χ0n) is 19.2. The molecule has 8 heteroatoms. The molecule has 34 heavy (non-hydrogen) atoms. The van der Waals surface area contributed by atoms with Crippen molar-refractivity contribution in [3.05, 3.63) is 88.6 Å². The number of carbonyl (C=O) groups excluding carboxylic acids is 3. The molecule has 1 aliphatic rings. The van der Waals surface area contributed by atoms with Gasteiger partial charge in [-0.2, -0.15) is 0 Å². The highest BCUT2D eigenvalue weighted by Gasteiger charge is 2.35. The summed E-state index contributed by atoms with van der Waals surface area (Å²) in [5.74, 6) is -1.90. The van der Waals surface area contributed by atoms with Crippen molar-refractivity contribution < 1.29 is 18.8 Å². The number of aromatic nitrogens is 1. The van der Waals surface area contributed by atoms with E-state index in [4.69, 9.17) is 0 Å². The van der Waals surface area contributed by atoms with E-state index >= 15 is 0 Å². The molecule has 0 atom stereocenters. The number of nitrogens with zero attached hydrogens (tertiary/aromatic N) is 2. The number of anilines is 1. The predicted octanol–water partition coefficient (Wildman–Crippen LogP) is 4.33. The van der Waals surface area contributed by atoms with Gasteiger partial charge in [-0.15, -0.1) is 0 Å². The van der Waals surface area contributed by atoms with Crippen molar-refractivity contribution in [3.63, 3.8) is 0 Å². The van der Waals surface area contributed by atoms with E-state index in [-0.39, 0.29) is 11.4 Å². The van der Waals surface area contributed by atoms with Gasteiger partial charge in [-0.3, -0.25) is 9.59 Å². The quantitative estimate of drug-likeness (QED) is 0.424. The summed E-state index contributed by atoms with van der Waals surface area (Å²) in [5.41, 5.74) is 5.01. The van der Waals surface area contributed by atoms with Gasteiger partial charge in [0.05, 0.1) is 5.69 Å². The Bertz CT molecular complexity index is 1330. The lowest BCUT2D eigenvalue weighted by molar-refractivity contribution is -0.127. The van der Waals surface area contributed by atoms with Crippen molar-refractivity contribution >= 4 is 29.6 Å². The van der Waals surface area contributed by atoms with Crippen molar-refractivity contribution in [1.29, 1.82) is 0 Å². The third-order valence-corrected chi connectivity index (χ3v) is 5.80. The number of hydrogen-bond donors (Lipinski definition) is 2. The molecule has 1 saturated heterocycles. The molecule has 7 nitrogen and oxygen atoms in total. The van der Waals surface area contributed by atoms with E-state index in [0.29, 0.717) is 0 Å². The average Bonchev–Trinajstić information content (AvgIpc) is 3.24. The summed E-state index contributed by atoms with van der Waals surface area (Å²) in [7, 11) is 0. The highest BCUT2D eigenvalue weighted by molar-refractivity contribution is 6.16. The Kier molecular flexibility index (Phi) is 6.32. The fraction of sp³-hybridized carbons (Fsp3) is 0.192. The van der Waals surface area contributed by atoms with Crippen LogP contribution in [0.3, 0.4) is 0 Å². The van der Waals surface area contributed by atoms with Gasteiger partial charge in [0.25, 0.3) is 5.91 Å². The van der Waals surface area contributed by atoms with Gasteiger partial charge in [-0.1, -0.05) is 37.3 Å². The number of halogens is 1. The van der Waals surface area contributed by atoms with Crippen LogP contribution in [0.25, 0.3) is 11.8 Å². The minimum atomic E-state index is -0.704. The smallest absolute Gasteiger partial charge is 0.322 e. The van der Waals surface area contributed by atoms with E-state index in [1.54, 1.807) is 12.1 Å². The number of imide groups is 1. The van der Waals surface area contributed by atoms with Crippen LogP contribution in [0.15, 0.2) is 60.3 Å². The van der Waals surface area contributed by atoms with Gasteiger partial charge in [-0.25, -0.2) is 14.1 Å². The van der Waals surface area contributed by atoms with Crippen LogP contribution in [-0.2, 0) is 16.0 Å². The molecule has 0 saturated carbocycles. The summed E-state index contributed by atoms with van der Waals surface area (Å²) in [4.78, 5) is 38.4. The molecule has 174 valence electrons. The zero-order valence-corrected chi connectivity index (χ0v) is 19.2. The highest BCUT2D eigenvalue weighted by atomic mass is 19.1. The standard InChI is InChI=1S/C26H25FN4O3/c1-4-18-9-5-8-12-23(18)31-16(2)13-19(17(31)3)14-22-25(33)30(26(34)29-22)15-24(32)28-21-11-7-6-10-20(21)27/h5-14H,4,15H2,1-3H3,(H,28,32)(H,29,34)/b22-14-. The maximum atomic E-state index is 13.8. The van der Waals surface area contributed by atoms with Gasteiger partial charge in [0.15, 0.2) is 0 Å². The SMILES string of the molecule is CCc1ccccc1-n1c(C)cc(/C=C2\NC(=O)N(CC(=O)Nc3ccccc3F)C2=O)c1C. The first kappa shape index (κ1) is 23.0. The lowest BCUT2D eigenvalue weighted by atomic mass is 10.1. The maximum absolute atomic E-state index is 13.8. The number of rotatable bonds is 6. The summed E-state index contributed by atoms with van der Waals surface area (Å²) >= 11 is 0. The fourth-order valence-corrected chi connectivity index (χ4v) is 4.10. The molecule has 0 bridgehead atoms. The number of amides is 4. The number of urea groups is 1. The Morgan fingerprint density at radius 2 is 1.79 bits per heavy atom. The fourth-order valence-electron chi connectivity index (χ4n) is 4.10. The van der Waals surface area contributed by atoms with Crippen molar-refractivity contribution in [2.24, 2.45) is 0 Å². The van der Waals surface area contributed by atoms with Crippen LogP contribution in [0.4, 0.5) is 14.9 Å². The minimum absolute atomic E-state index is 0.0184.